The minimum absolute atomic E-state index is 0.110. The van der Waals surface area contributed by atoms with Crippen molar-refractivity contribution in [1.82, 2.24) is 0 Å². The highest BCUT2D eigenvalue weighted by Crippen LogP contribution is 2.39. The van der Waals surface area contributed by atoms with E-state index in [2.05, 4.69) is 4.99 Å². The third-order valence-electron chi connectivity index (χ3n) is 3.63. The molecule has 0 radical (unpaired) electrons. The van der Waals surface area contributed by atoms with Gasteiger partial charge in [-0.15, -0.1) is 0 Å². The molecule has 0 amide bonds. The molecule has 0 aromatic heterocycles. The van der Waals surface area contributed by atoms with Crippen LogP contribution in [-0.4, -0.2) is 32.3 Å². The van der Waals surface area contributed by atoms with Crippen molar-refractivity contribution in [3.63, 3.8) is 0 Å². The molecule has 21 heavy (non-hydrogen) atoms. The van der Waals surface area contributed by atoms with Gasteiger partial charge in [0.15, 0.2) is 6.40 Å². The number of fused-ring (bicyclic) bond motifs is 1. The third-order valence-corrected chi connectivity index (χ3v) is 3.63. The minimum Gasteiger partial charge on any atom is -0.512 e. The Balaban J connectivity index is 2.35. The second-order valence-electron chi connectivity index (χ2n) is 4.96. The summed E-state index contributed by atoms with van der Waals surface area (Å²) in [6.45, 7) is 2.36. The first-order valence-electron chi connectivity index (χ1n) is 6.94. The van der Waals surface area contributed by atoms with E-state index in [4.69, 9.17) is 9.47 Å². The lowest BCUT2D eigenvalue weighted by Gasteiger charge is -2.25. The summed E-state index contributed by atoms with van der Waals surface area (Å²) in [5.74, 6) is 1.28. The van der Waals surface area contributed by atoms with E-state index in [1.165, 1.54) is 6.40 Å². The molecule has 4 heteroatoms. The summed E-state index contributed by atoms with van der Waals surface area (Å²) in [5.41, 5.74) is 3.25. The van der Waals surface area contributed by atoms with Crippen molar-refractivity contribution in [3.8, 4) is 5.75 Å². The molecule has 0 spiro atoms. The smallest absolute Gasteiger partial charge is 0.168 e. The average molecular weight is 287 g/mol. The number of aliphatic hydroxyl groups excluding tert-OH is 1. The van der Waals surface area contributed by atoms with Crippen LogP contribution in [0.5, 0.6) is 5.75 Å². The van der Waals surface area contributed by atoms with E-state index in [1.54, 1.807) is 21.1 Å². The molecule has 0 saturated carbocycles. The number of aliphatic hydroxyl groups is 1. The van der Waals surface area contributed by atoms with Gasteiger partial charge in [-0.1, -0.05) is 18.2 Å². The predicted molar refractivity (Wildman–Crippen MR) is 85.1 cm³/mol. The van der Waals surface area contributed by atoms with Crippen molar-refractivity contribution in [3.05, 3.63) is 46.7 Å². The van der Waals surface area contributed by atoms with Crippen molar-refractivity contribution in [2.75, 3.05) is 20.8 Å². The summed E-state index contributed by atoms with van der Waals surface area (Å²) in [5, 5.41) is 9.94. The number of methoxy groups -OCH3 is 2. The lowest BCUT2D eigenvalue weighted by molar-refractivity contribution is 0.401. The van der Waals surface area contributed by atoms with Crippen LogP contribution in [0.2, 0.25) is 0 Å². The van der Waals surface area contributed by atoms with Gasteiger partial charge >= 0.3 is 0 Å². The first kappa shape index (κ1) is 15.2. The van der Waals surface area contributed by atoms with E-state index < -0.39 is 0 Å². The Hall–Kier alpha value is -2.23. The molecule has 1 atom stereocenters. The van der Waals surface area contributed by atoms with Crippen molar-refractivity contribution in [1.29, 1.82) is 0 Å². The Labute approximate surface area is 125 Å². The highest BCUT2D eigenvalue weighted by atomic mass is 16.5. The van der Waals surface area contributed by atoms with Crippen LogP contribution < -0.4 is 4.74 Å². The summed E-state index contributed by atoms with van der Waals surface area (Å²) in [7, 11) is 3.24. The highest BCUT2D eigenvalue weighted by molar-refractivity contribution is 5.65. The minimum atomic E-state index is 0.110. The van der Waals surface area contributed by atoms with Crippen LogP contribution in [-0.2, 0) is 4.74 Å². The van der Waals surface area contributed by atoms with Gasteiger partial charge in [0.05, 0.1) is 20.0 Å². The summed E-state index contributed by atoms with van der Waals surface area (Å²) in [4.78, 5) is 4.19. The molecule has 1 aliphatic rings. The van der Waals surface area contributed by atoms with Crippen LogP contribution in [0.4, 0.5) is 0 Å². The molecule has 0 fully saturated rings. The van der Waals surface area contributed by atoms with Crippen LogP contribution in [0.1, 0.15) is 30.4 Å². The van der Waals surface area contributed by atoms with E-state index >= 15 is 0 Å². The molecule has 1 N–H and O–H groups in total. The van der Waals surface area contributed by atoms with Gasteiger partial charge in [0.1, 0.15) is 5.75 Å². The molecule has 1 aromatic carbocycles. The molecule has 0 aliphatic heterocycles. The SMILES string of the molecule is COC=NCCC1C(=C(C)O)C=Cc2ccc(OC)cc21. The number of ether oxygens (including phenoxy) is 2. The Bertz CT molecular complexity index is 584. The van der Waals surface area contributed by atoms with Gasteiger partial charge in [-0.3, -0.25) is 4.99 Å². The second-order valence-corrected chi connectivity index (χ2v) is 4.96. The number of allylic oxidation sites excluding steroid dienone is 3. The fourth-order valence-corrected chi connectivity index (χ4v) is 2.61. The number of hydrogen-bond donors (Lipinski definition) is 1. The van der Waals surface area contributed by atoms with E-state index in [-0.39, 0.29) is 5.92 Å². The van der Waals surface area contributed by atoms with Gasteiger partial charge in [-0.05, 0) is 42.2 Å². The van der Waals surface area contributed by atoms with Crippen LogP contribution in [0.25, 0.3) is 6.08 Å². The Morgan fingerprint density at radius 3 is 2.81 bits per heavy atom. The number of aliphatic imine (C=N–C) groups is 1. The number of hydrogen-bond acceptors (Lipinski definition) is 4. The number of benzene rings is 1. The Kier molecular flexibility index (Phi) is 5.04. The van der Waals surface area contributed by atoms with Gasteiger partial charge in [0.2, 0.25) is 0 Å². The van der Waals surface area contributed by atoms with Gasteiger partial charge in [0.25, 0.3) is 0 Å². The zero-order valence-electron chi connectivity index (χ0n) is 12.7. The Morgan fingerprint density at radius 1 is 1.33 bits per heavy atom. The Morgan fingerprint density at radius 2 is 2.14 bits per heavy atom. The van der Waals surface area contributed by atoms with Gasteiger partial charge in [-0.25, -0.2) is 0 Å². The van der Waals surface area contributed by atoms with Crippen molar-refractivity contribution in [2.45, 2.75) is 19.3 Å². The van der Waals surface area contributed by atoms with Crippen LogP contribution in [0, 0.1) is 0 Å². The third kappa shape index (κ3) is 3.45. The molecule has 0 heterocycles. The van der Waals surface area contributed by atoms with Gasteiger partial charge in [-0.2, -0.15) is 0 Å². The van der Waals surface area contributed by atoms with Crippen LogP contribution in [0.15, 0.2) is 40.6 Å². The standard InChI is InChI=1S/C17H21NO3/c1-12(19)15-7-5-13-4-6-14(21-3)10-17(13)16(15)8-9-18-11-20-2/h4-7,10-11,16,19H,8-9H2,1-3H3. The van der Waals surface area contributed by atoms with Gasteiger partial charge in [0, 0.05) is 12.5 Å². The monoisotopic (exact) mass is 287 g/mol. The summed E-state index contributed by atoms with van der Waals surface area (Å²) >= 11 is 0. The summed E-state index contributed by atoms with van der Waals surface area (Å²) < 4.78 is 10.1. The topological polar surface area (TPSA) is 51.0 Å². The van der Waals surface area contributed by atoms with Crippen LogP contribution in [0.3, 0.4) is 0 Å². The zero-order chi connectivity index (χ0) is 15.2. The molecular formula is C17H21NO3. The van der Waals surface area contributed by atoms with Crippen LogP contribution >= 0.6 is 0 Å². The fraction of sp³-hybridized carbons (Fsp3) is 0.353. The normalized spacial score (nSPS) is 19.5. The largest absolute Gasteiger partial charge is 0.512 e. The number of nitrogens with zero attached hydrogens (tertiary/aromatic N) is 1. The molecule has 2 rings (SSSR count). The van der Waals surface area contributed by atoms with E-state index in [0.717, 1.165) is 28.9 Å². The molecule has 1 unspecified atom stereocenters. The molecule has 112 valence electrons. The lowest BCUT2D eigenvalue weighted by atomic mass is 9.80. The molecular weight excluding hydrogens is 266 g/mol. The molecule has 0 bridgehead atoms. The summed E-state index contributed by atoms with van der Waals surface area (Å²) in [6.07, 6.45) is 6.26. The lowest BCUT2D eigenvalue weighted by Crippen LogP contribution is -2.10. The van der Waals surface area contributed by atoms with Crippen molar-refractivity contribution < 1.29 is 14.6 Å². The maximum absolute atomic E-state index is 9.94. The fourth-order valence-electron chi connectivity index (χ4n) is 2.61. The first-order chi connectivity index (χ1) is 10.2. The van der Waals surface area contributed by atoms with E-state index in [1.807, 2.05) is 30.4 Å². The second kappa shape index (κ2) is 6.97. The van der Waals surface area contributed by atoms with Crippen molar-refractivity contribution in [2.24, 2.45) is 4.99 Å². The van der Waals surface area contributed by atoms with E-state index in [9.17, 15) is 5.11 Å². The first-order valence-corrected chi connectivity index (χ1v) is 6.94. The average Bonchev–Trinajstić information content (AvgIpc) is 2.50. The predicted octanol–water partition coefficient (Wildman–Crippen LogP) is 3.70. The van der Waals surface area contributed by atoms with E-state index in [0.29, 0.717) is 12.3 Å². The molecule has 4 nitrogen and oxygen atoms in total. The maximum atomic E-state index is 9.94. The maximum Gasteiger partial charge on any atom is 0.168 e. The molecule has 1 aromatic rings. The highest BCUT2D eigenvalue weighted by Gasteiger charge is 2.23. The van der Waals surface area contributed by atoms with Gasteiger partial charge < -0.3 is 14.6 Å². The summed E-state index contributed by atoms with van der Waals surface area (Å²) in [6, 6.07) is 6.02. The quantitative estimate of drug-likeness (QED) is 0.510. The molecule has 1 aliphatic carbocycles. The van der Waals surface area contributed by atoms with Crippen molar-refractivity contribution >= 4 is 12.5 Å². The number of rotatable bonds is 5. The molecule has 0 saturated heterocycles. The zero-order valence-corrected chi connectivity index (χ0v) is 12.7.